The minimum Gasteiger partial charge on any atom is -0.280 e. The summed E-state index contributed by atoms with van der Waals surface area (Å²) in [7, 11) is 0. The lowest BCUT2D eigenvalue weighted by Crippen LogP contribution is -2.37. The lowest BCUT2D eigenvalue weighted by Gasteiger charge is -2.28. The van der Waals surface area contributed by atoms with Crippen LogP contribution >= 0.6 is 0 Å². The van der Waals surface area contributed by atoms with Crippen molar-refractivity contribution < 1.29 is 14.4 Å². The van der Waals surface area contributed by atoms with E-state index in [0.29, 0.717) is 6.54 Å². The number of amides is 2. The molecule has 0 N–H and O–H groups in total. The van der Waals surface area contributed by atoms with Gasteiger partial charge in [-0.25, -0.2) is 5.06 Å². The number of hydrogen-bond donors (Lipinski definition) is 0. The summed E-state index contributed by atoms with van der Waals surface area (Å²) < 4.78 is 0. The van der Waals surface area contributed by atoms with Crippen molar-refractivity contribution in [2.75, 3.05) is 11.6 Å². The van der Waals surface area contributed by atoms with E-state index in [2.05, 4.69) is 0 Å². The molecule has 0 spiro atoms. The van der Waals surface area contributed by atoms with Gasteiger partial charge in [-0.1, -0.05) is 48.5 Å². The molecule has 0 radical (unpaired) electrons. The summed E-state index contributed by atoms with van der Waals surface area (Å²) in [6, 6.07) is 19.0. The van der Waals surface area contributed by atoms with Crippen LogP contribution < -0.4 is 5.06 Å². The average Bonchev–Trinajstić information content (AvgIpc) is 3.13. The number of rotatable bonds is 3. The fourth-order valence-electron chi connectivity index (χ4n) is 3.57. The van der Waals surface area contributed by atoms with Gasteiger partial charge in [-0.15, -0.1) is 0 Å². The van der Waals surface area contributed by atoms with Gasteiger partial charge in [0, 0.05) is 6.54 Å². The van der Waals surface area contributed by atoms with E-state index in [4.69, 9.17) is 4.84 Å². The summed E-state index contributed by atoms with van der Waals surface area (Å²) in [5, 5.41) is 1.72. The van der Waals surface area contributed by atoms with E-state index in [1.165, 1.54) is 4.90 Å². The number of fused-ring (bicyclic) bond motifs is 1. The van der Waals surface area contributed by atoms with E-state index in [9.17, 15) is 9.59 Å². The number of likely N-dealkylation sites (N-methyl/N-ethyl adjacent to an activating group) is 1. The van der Waals surface area contributed by atoms with Crippen LogP contribution in [0.1, 0.15) is 18.5 Å². The molecule has 2 aliphatic rings. The van der Waals surface area contributed by atoms with Crippen LogP contribution in [0.15, 0.2) is 60.7 Å². The normalized spacial score (nSPS) is 26.1. The molecule has 0 saturated carbocycles. The molecule has 0 aromatic heterocycles. The van der Waals surface area contributed by atoms with E-state index >= 15 is 0 Å². The fraction of sp³-hybridized carbons (Fsp3) is 0.263. The van der Waals surface area contributed by atoms with Crippen LogP contribution in [-0.2, 0) is 14.4 Å². The molecule has 2 aromatic rings. The number of imide groups is 1. The van der Waals surface area contributed by atoms with Gasteiger partial charge >= 0.3 is 0 Å². The second kappa shape index (κ2) is 5.76. The highest BCUT2D eigenvalue weighted by Gasteiger charge is 2.59. The van der Waals surface area contributed by atoms with Gasteiger partial charge in [0.05, 0.1) is 11.7 Å². The summed E-state index contributed by atoms with van der Waals surface area (Å²) in [4.78, 5) is 32.6. The van der Waals surface area contributed by atoms with E-state index in [-0.39, 0.29) is 17.9 Å². The molecule has 5 heteroatoms. The van der Waals surface area contributed by atoms with Gasteiger partial charge in [0.25, 0.3) is 5.91 Å². The van der Waals surface area contributed by atoms with Crippen LogP contribution in [0.3, 0.4) is 0 Å². The zero-order valence-corrected chi connectivity index (χ0v) is 13.3. The Morgan fingerprint density at radius 3 is 2.17 bits per heavy atom. The van der Waals surface area contributed by atoms with Crippen molar-refractivity contribution in [3.63, 3.8) is 0 Å². The third-order valence-electron chi connectivity index (χ3n) is 4.67. The molecule has 5 nitrogen and oxygen atoms in total. The van der Waals surface area contributed by atoms with Crippen LogP contribution in [0, 0.1) is 5.92 Å². The van der Waals surface area contributed by atoms with Crippen LogP contribution in [0.2, 0.25) is 0 Å². The molecule has 2 amide bonds. The lowest BCUT2D eigenvalue weighted by atomic mass is 9.90. The van der Waals surface area contributed by atoms with E-state index in [1.54, 1.807) is 5.06 Å². The Morgan fingerprint density at radius 1 is 0.917 bits per heavy atom. The Labute approximate surface area is 140 Å². The van der Waals surface area contributed by atoms with E-state index in [1.807, 2.05) is 67.6 Å². The summed E-state index contributed by atoms with van der Waals surface area (Å²) in [6.07, 6.45) is -0.747. The first-order valence-electron chi connectivity index (χ1n) is 8.13. The quantitative estimate of drug-likeness (QED) is 0.815. The Kier molecular flexibility index (Phi) is 3.58. The van der Waals surface area contributed by atoms with Crippen LogP contribution in [-0.4, -0.2) is 29.4 Å². The van der Waals surface area contributed by atoms with Gasteiger partial charge in [0.1, 0.15) is 5.92 Å². The van der Waals surface area contributed by atoms with Gasteiger partial charge in [-0.2, -0.15) is 0 Å². The highest BCUT2D eigenvalue weighted by atomic mass is 16.7. The van der Waals surface area contributed by atoms with Crippen LogP contribution in [0.25, 0.3) is 0 Å². The third kappa shape index (κ3) is 2.12. The average molecular weight is 322 g/mol. The zero-order chi connectivity index (χ0) is 16.7. The standard InChI is InChI=1S/C19H18N2O3/c1-2-20-18(22)15-16(13-9-5-3-6-10-13)21(24-17(15)19(20)23)14-11-7-4-8-12-14/h3-12,15-17H,2H2,1H3. The summed E-state index contributed by atoms with van der Waals surface area (Å²) in [6.45, 7) is 2.18. The first kappa shape index (κ1) is 14.9. The number of nitrogens with zero attached hydrogens (tertiary/aromatic N) is 2. The second-order valence-electron chi connectivity index (χ2n) is 5.99. The predicted molar refractivity (Wildman–Crippen MR) is 88.9 cm³/mol. The van der Waals surface area contributed by atoms with Crippen LogP contribution in [0.5, 0.6) is 0 Å². The minimum absolute atomic E-state index is 0.153. The van der Waals surface area contributed by atoms with Crippen molar-refractivity contribution >= 4 is 17.5 Å². The van der Waals surface area contributed by atoms with Gasteiger partial charge < -0.3 is 0 Å². The summed E-state index contributed by atoms with van der Waals surface area (Å²) in [5.74, 6) is -0.910. The Hall–Kier alpha value is -2.66. The maximum atomic E-state index is 12.8. The van der Waals surface area contributed by atoms with Gasteiger partial charge in [-0.05, 0) is 24.6 Å². The molecular formula is C19H18N2O3. The van der Waals surface area contributed by atoms with E-state index in [0.717, 1.165) is 11.3 Å². The molecule has 2 aromatic carbocycles. The maximum absolute atomic E-state index is 12.8. The molecule has 0 bridgehead atoms. The SMILES string of the molecule is CCN1C(=O)C2ON(c3ccccc3)C(c3ccccc3)C2C1=O. The van der Waals surface area contributed by atoms with Crippen molar-refractivity contribution in [1.29, 1.82) is 0 Å². The summed E-state index contributed by atoms with van der Waals surface area (Å²) >= 11 is 0. The maximum Gasteiger partial charge on any atom is 0.261 e. The fourth-order valence-corrected chi connectivity index (χ4v) is 3.57. The number of likely N-dealkylation sites (tertiary alicyclic amines) is 1. The number of anilines is 1. The van der Waals surface area contributed by atoms with Crippen molar-refractivity contribution in [1.82, 2.24) is 4.90 Å². The lowest BCUT2D eigenvalue weighted by molar-refractivity contribution is -0.142. The van der Waals surface area contributed by atoms with Crippen molar-refractivity contribution in [2.45, 2.75) is 19.1 Å². The minimum atomic E-state index is -0.747. The predicted octanol–water partition coefficient (Wildman–Crippen LogP) is 2.55. The van der Waals surface area contributed by atoms with Crippen molar-refractivity contribution in [2.24, 2.45) is 5.92 Å². The van der Waals surface area contributed by atoms with Gasteiger partial charge in [-0.3, -0.25) is 19.3 Å². The first-order valence-corrected chi connectivity index (χ1v) is 8.13. The van der Waals surface area contributed by atoms with Gasteiger partial charge in [0.15, 0.2) is 6.10 Å². The molecule has 2 fully saturated rings. The molecule has 24 heavy (non-hydrogen) atoms. The molecule has 2 heterocycles. The Bertz CT molecular complexity index is 763. The Balaban J connectivity index is 1.80. The molecule has 3 atom stereocenters. The van der Waals surface area contributed by atoms with Gasteiger partial charge in [0.2, 0.25) is 5.91 Å². The largest absolute Gasteiger partial charge is 0.280 e. The molecule has 0 aliphatic carbocycles. The topological polar surface area (TPSA) is 49.9 Å². The summed E-state index contributed by atoms with van der Waals surface area (Å²) in [5.41, 5.74) is 1.80. The highest BCUT2D eigenvalue weighted by Crippen LogP contribution is 2.46. The Morgan fingerprint density at radius 2 is 1.54 bits per heavy atom. The number of carbonyl (C=O) groups is 2. The number of para-hydroxylation sites is 1. The number of benzene rings is 2. The number of carbonyl (C=O) groups excluding carboxylic acids is 2. The first-order chi connectivity index (χ1) is 11.7. The molecule has 3 unspecified atom stereocenters. The number of hydrogen-bond acceptors (Lipinski definition) is 4. The molecule has 122 valence electrons. The smallest absolute Gasteiger partial charge is 0.261 e. The molecule has 2 saturated heterocycles. The van der Waals surface area contributed by atoms with Crippen LogP contribution in [0.4, 0.5) is 5.69 Å². The van der Waals surface area contributed by atoms with Crippen molar-refractivity contribution in [3.05, 3.63) is 66.2 Å². The molecule has 2 aliphatic heterocycles. The second-order valence-corrected chi connectivity index (χ2v) is 5.99. The zero-order valence-electron chi connectivity index (χ0n) is 13.3. The molecular weight excluding hydrogens is 304 g/mol. The number of hydroxylamine groups is 1. The van der Waals surface area contributed by atoms with Crippen molar-refractivity contribution in [3.8, 4) is 0 Å². The highest BCUT2D eigenvalue weighted by molar-refractivity contribution is 6.07. The van der Waals surface area contributed by atoms with E-state index < -0.39 is 12.0 Å². The third-order valence-corrected chi connectivity index (χ3v) is 4.67. The molecule has 4 rings (SSSR count). The monoisotopic (exact) mass is 322 g/mol.